The maximum Gasteiger partial charge on any atom is 0.268 e. The summed E-state index contributed by atoms with van der Waals surface area (Å²) >= 11 is 1.57. The molecule has 0 atom stereocenters. The molecule has 2 aromatic rings. The number of aromatic nitrogens is 2. The lowest BCUT2D eigenvalue weighted by molar-refractivity contribution is -0.119. The molecule has 6 nitrogen and oxygen atoms in total. The zero-order valence-corrected chi connectivity index (χ0v) is 12.4. The number of thiazole rings is 1. The van der Waals surface area contributed by atoms with Crippen molar-refractivity contribution in [2.45, 2.75) is 6.92 Å². The van der Waals surface area contributed by atoms with Crippen LogP contribution in [0, 0.1) is 6.92 Å². The van der Waals surface area contributed by atoms with E-state index in [0.29, 0.717) is 5.69 Å². The van der Waals surface area contributed by atoms with E-state index < -0.39 is 0 Å². The third-order valence-corrected chi connectivity index (χ3v) is 3.61. The van der Waals surface area contributed by atoms with E-state index in [9.17, 15) is 9.59 Å². The van der Waals surface area contributed by atoms with Gasteiger partial charge in [0.25, 0.3) is 5.91 Å². The van der Waals surface area contributed by atoms with Gasteiger partial charge in [0.2, 0.25) is 5.91 Å². The molecule has 0 aliphatic heterocycles. The Morgan fingerprint density at radius 3 is 2.80 bits per heavy atom. The van der Waals surface area contributed by atoms with Crippen molar-refractivity contribution in [3.8, 4) is 11.3 Å². The summed E-state index contributed by atoms with van der Waals surface area (Å²) in [5.41, 5.74) is 2.24. The van der Waals surface area contributed by atoms with Crippen LogP contribution in [0.2, 0.25) is 0 Å². The average Bonchev–Trinajstić information content (AvgIpc) is 3.01. The van der Waals surface area contributed by atoms with E-state index in [0.717, 1.165) is 16.3 Å². The number of rotatable bonds is 4. The molecule has 0 spiro atoms. The van der Waals surface area contributed by atoms with Crippen LogP contribution < -0.4 is 10.6 Å². The fourth-order valence-electron chi connectivity index (χ4n) is 1.77. The zero-order valence-electron chi connectivity index (χ0n) is 11.6. The molecule has 106 valence electrons. The number of nitrogens with one attached hydrogen (secondary N) is 2. The molecule has 0 fully saturated rings. The van der Waals surface area contributed by atoms with Crippen LogP contribution in [0.3, 0.4) is 0 Å². The molecule has 0 aromatic carbocycles. The minimum atomic E-state index is -0.283. The van der Waals surface area contributed by atoms with Crippen LogP contribution in [0.15, 0.2) is 17.6 Å². The molecule has 2 aromatic heterocycles. The number of hydrogen-bond acceptors (Lipinski definition) is 4. The predicted octanol–water partition coefficient (Wildman–Crippen LogP) is 0.933. The number of amides is 2. The Morgan fingerprint density at radius 1 is 1.45 bits per heavy atom. The van der Waals surface area contributed by atoms with Gasteiger partial charge in [0.15, 0.2) is 0 Å². The average molecular weight is 292 g/mol. The second kappa shape index (κ2) is 5.87. The van der Waals surface area contributed by atoms with E-state index in [-0.39, 0.29) is 18.4 Å². The number of carbonyl (C=O) groups excluding carboxylic acids is 2. The maximum atomic E-state index is 12.0. The Morgan fingerprint density at radius 2 is 2.20 bits per heavy atom. The van der Waals surface area contributed by atoms with Crippen molar-refractivity contribution in [1.82, 2.24) is 20.2 Å². The second-order valence-corrected chi connectivity index (χ2v) is 5.39. The molecule has 0 aliphatic carbocycles. The lowest BCUT2D eigenvalue weighted by atomic mass is 10.2. The van der Waals surface area contributed by atoms with Crippen LogP contribution in [-0.2, 0) is 11.8 Å². The van der Waals surface area contributed by atoms with Gasteiger partial charge in [0.05, 0.1) is 17.2 Å². The van der Waals surface area contributed by atoms with Gasteiger partial charge in [-0.15, -0.1) is 11.3 Å². The largest absolute Gasteiger partial charge is 0.358 e. The van der Waals surface area contributed by atoms with Gasteiger partial charge in [-0.25, -0.2) is 4.98 Å². The number of likely N-dealkylation sites (N-methyl/N-ethyl adjacent to an activating group) is 1. The smallest absolute Gasteiger partial charge is 0.268 e. The summed E-state index contributed by atoms with van der Waals surface area (Å²) in [4.78, 5) is 27.5. The first-order valence-corrected chi connectivity index (χ1v) is 6.97. The third-order valence-electron chi connectivity index (χ3n) is 2.84. The second-order valence-electron chi connectivity index (χ2n) is 4.33. The summed E-state index contributed by atoms with van der Waals surface area (Å²) in [6, 6.07) is 1.77. The van der Waals surface area contributed by atoms with E-state index in [1.54, 1.807) is 29.0 Å². The van der Waals surface area contributed by atoms with Crippen LogP contribution in [0.25, 0.3) is 11.3 Å². The first-order chi connectivity index (χ1) is 9.51. The standard InChI is InChI=1S/C13H16N4O2S/c1-8-16-10(7-20-8)9-4-11(17(3)6-9)13(19)15-5-12(18)14-2/h4,6-7H,5H2,1-3H3,(H,14,18)(H,15,19). The van der Waals surface area contributed by atoms with E-state index in [2.05, 4.69) is 15.6 Å². The van der Waals surface area contributed by atoms with Gasteiger partial charge < -0.3 is 15.2 Å². The number of aryl methyl sites for hydroxylation is 2. The fraction of sp³-hybridized carbons (Fsp3) is 0.308. The highest BCUT2D eigenvalue weighted by Crippen LogP contribution is 2.23. The summed E-state index contributed by atoms with van der Waals surface area (Å²) < 4.78 is 1.73. The molecule has 2 rings (SSSR count). The van der Waals surface area contributed by atoms with E-state index in [4.69, 9.17) is 0 Å². The van der Waals surface area contributed by atoms with Crippen LogP contribution >= 0.6 is 11.3 Å². The summed E-state index contributed by atoms with van der Waals surface area (Å²) in [6.07, 6.45) is 1.85. The van der Waals surface area contributed by atoms with Crippen molar-refractivity contribution < 1.29 is 9.59 Å². The van der Waals surface area contributed by atoms with Crippen molar-refractivity contribution in [2.75, 3.05) is 13.6 Å². The van der Waals surface area contributed by atoms with Gasteiger partial charge in [0.1, 0.15) is 5.69 Å². The molecule has 0 radical (unpaired) electrons. The van der Waals surface area contributed by atoms with Crippen molar-refractivity contribution >= 4 is 23.2 Å². The Hall–Kier alpha value is -2.15. The molecule has 0 bridgehead atoms. The Labute approximate surface area is 120 Å². The summed E-state index contributed by atoms with van der Waals surface area (Å²) in [5, 5.41) is 7.96. The third kappa shape index (κ3) is 3.05. The lowest BCUT2D eigenvalue weighted by Gasteiger charge is -2.04. The fourth-order valence-corrected chi connectivity index (χ4v) is 2.39. The van der Waals surface area contributed by atoms with Crippen LogP contribution in [0.1, 0.15) is 15.5 Å². The molecule has 0 unspecified atom stereocenters. The zero-order chi connectivity index (χ0) is 14.7. The number of hydrogen-bond donors (Lipinski definition) is 2. The van der Waals surface area contributed by atoms with Gasteiger partial charge in [-0.2, -0.15) is 0 Å². The monoisotopic (exact) mass is 292 g/mol. The van der Waals surface area contributed by atoms with Gasteiger partial charge in [-0.05, 0) is 13.0 Å². The van der Waals surface area contributed by atoms with Crippen molar-refractivity contribution in [2.24, 2.45) is 7.05 Å². The Balaban J connectivity index is 2.15. The van der Waals surface area contributed by atoms with Crippen molar-refractivity contribution in [3.63, 3.8) is 0 Å². The highest BCUT2D eigenvalue weighted by atomic mass is 32.1. The van der Waals surface area contributed by atoms with Gasteiger partial charge in [0, 0.05) is 31.2 Å². The molecule has 20 heavy (non-hydrogen) atoms. The molecule has 0 aliphatic rings. The first-order valence-electron chi connectivity index (χ1n) is 6.09. The minimum absolute atomic E-state index is 0.0361. The minimum Gasteiger partial charge on any atom is -0.358 e. The Bertz CT molecular complexity index is 645. The number of carbonyl (C=O) groups is 2. The highest BCUT2D eigenvalue weighted by Gasteiger charge is 2.14. The quantitative estimate of drug-likeness (QED) is 0.880. The Kier molecular flexibility index (Phi) is 4.19. The first kappa shape index (κ1) is 14.3. The lowest BCUT2D eigenvalue weighted by Crippen LogP contribution is -2.35. The molecule has 0 saturated heterocycles. The topological polar surface area (TPSA) is 76.0 Å². The van der Waals surface area contributed by atoms with Crippen LogP contribution in [0.5, 0.6) is 0 Å². The van der Waals surface area contributed by atoms with Crippen LogP contribution in [-0.4, -0.2) is 35.0 Å². The molecule has 2 N–H and O–H groups in total. The molecule has 7 heteroatoms. The van der Waals surface area contributed by atoms with Crippen molar-refractivity contribution in [3.05, 3.63) is 28.3 Å². The number of nitrogens with zero attached hydrogens (tertiary/aromatic N) is 2. The highest BCUT2D eigenvalue weighted by molar-refractivity contribution is 7.09. The maximum absolute atomic E-state index is 12.0. The normalized spacial score (nSPS) is 10.3. The van der Waals surface area contributed by atoms with E-state index >= 15 is 0 Å². The predicted molar refractivity (Wildman–Crippen MR) is 77.7 cm³/mol. The summed E-state index contributed by atoms with van der Waals surface area (Å²) in [6.45, 7) is 1.90. The van der Waals surface area contributed by atoms with E-state index in [1.807, 2.05) is 18.5 Å². The summed E-state index contributed by atoms with van der Waals surface area (Å²) in [5.74, 6) is -0.516. The van der Waals surface area contributed by atoms with Gasteiger partial charge >= 0.3 is 0 Å². The summed E-state index contributed by atoms with van der Waals surface area (Å²) in [7, 11) is 3.32. The van der Waals surface area contributed by atoms with E-state index in [1.165, 1.54) is 7.05 Å². The van der Waals surface area contributed by atoms with Gasteiger partial charge in [-0.1, -0.05) is 0 Å². The molecular formula is C13H16N4O2S. The molecular weight excluding hydrogens is 276 g/mol. The van der Waals surface area contributed by atoms with Crippen molar-refractivity contribution in [1.29, 1.82) is 0 Å². The molecule has 0 saturated carbocycles. The molecule has 2 heterocycles. The van der Waals surface area contributed by atoms with Crippen LogP contribution in [0.4, 0.5) is 0 Å². The van der Waals surface area contributed by atoms with Gasteiger partial charge in [-0.3, -0.25) is 9.59 Å². The SMILES string of the molecule is CNC(=O)CNC(=O)c1cc(-c2csc(C)n2)cn1C. The molecule has 2 amide bonds.